The first-order valence-electron chi connectivity index (χ1n) is 7.17. The van der Waals surface area contributed by atoms with Crippen molar-refractivity contribution in [2.45, 2.75) is 64.4 Å². The molecule has 0 aromatic heterocycles. The van der Waals surface area contributed by atoms with Crippen LogP contribution in [-0.4, -0.2) is 12.1 Å². The molecule has 2 heteroatoms. The van der Waals surface area contributed by atoms with Crippen molar-refractivity contribution in [2.24, 2.45) is 11.8 Å². The van der Waals surface area contributed by atoms with E-state index in [9.17, 15) is 4.79 Å². The number of rotatable bonds is 6. The fourth-order valence-corrected chi connectivity index (χ4v) is 3.10. The van der Waals surface area contributed by atoms with Crippen molar-refractivity contribution in [2.75, 3.05) is 0 Å². The van der Waals surface area contributed by atoms with Crippen LogP contribution in [0.3, 0.4) is 0 Å². The molecule has 2 aliphatic rings. The topological polar surface area (TPSA) is 26.3 Å². The molecule has 1 heterocycles. The maximum atomic E-state index is 11.2. The van der Waals surface area contributed by atoms with Gasteiger partial charge in [-0.3, -0.25) is 4.79 Å². The van der Waals surface area contributed by atoms with Gasteiger partial charge in [0.05, 0.1) is 6.42 Å². The van der Waals surface area contributed by atoms with Crippen molar-refractivity contribution >= 4 is 5.97 Å². The van der Waals surface area contributed by atoms with Gasteiger partial charge in [-0.1, -0.05) is 38.3 Å². The Balaban J connectivity index is 1.69. The van der Waals surface area contributed by atoms with Gasteiger partial charge in [0, 0.05) is 5.92 Å². The molecule has 96 valence electrons. The van der Waals surface area contributed by atoms with E-state index in [0.29, 0.717) is 18.3 Å². The molecule has 3 atom stereocenters. The summed E-state index contributed by atoms with van der Waals surface area (Å²) < 4.78 is 5.30. The smallest absolute Gasteiger partial charge is 0.306 e. The molecule has 0 radical (unpaired) electrons. The standard InChI is InChI=1S/C15H24O2/c1-2-3-4-5-6-7-8-12-9-10-14-13(12)11-15(16)17-14/h7-8,12-14H,2-6,9-11H2,1H3/b8-7+/t12?,13-,14+/m1/s1. The SMILES string of the molecule is CCCCCC/C=C/C1CC[C@@H]2OC(=O)C[C@H]12. The molecule has 0 bridgehead atoms. The number of hydrogen-bond donors (Lipinski definition) is 0. The van der Waals surface area contributed by atoms with Gasteiger partial charge < -0.3 is 4.74 Å². The zero-order chi connectivity index (χ0) is 12.1. The van der Waals surface area contributed by atoms with Crippen LogP contribution >= 0.6 is 0 Å². The molecule has 0 spiro atoms. The highest BCUT2D eigenvalue weighted by Crippen LogP contribution is 2.41. The van der Waals surface area contributed by atoms with Crippen LogP contribution in [0.25, 0.3) is 0 Å². The van der Waals surface area contributed by atoms with Gasteiger partial charge in [0.15, 0.2) is 0 Å². The summed E-state index contributed by atoms with van der Waals surface area (Å²) in [7, 11) is 0. The summed E-state index contributed by atoms with van der Waals surface area (Å²) in [5.41, 5.74) is 0. The Labute approximate surface area is 104 Å². The quantitative estimate of drug-likeness (QED) is 0.398. The second-order valence-corrected chi connectivity index (χ2v) is 5.41. The Morgan fingerprint density at radius 3 is 3.00 bits per heavy atom. The number of ether oxygens (including phenoxy) is 1. The maximum Gasteiger partial charge on any atom is 0.306 e. The first-order valence-corrected chi connectivity index (χ1v) is 7.17. The molecule has 0 aromatic carbocycles. The van der Waals surface area contributed by atoms with Crippen molar-refractivity contribution in [3.63, 3.8) is 0 Å². The van der Waals surface area contributed by atoms with Gasteiger partial charge in [-0.15, -0.1) is 0 Å². The van der Waals surface area contributed by atoms with Gasteiger partial charge >= 0.3 is 5.97 Å². The number of fused-ring (bicyclic) bond motifs is 1. The molecule has 2 rings (SSSR count). The molecule has 2 fully saturated rings. The van der Waals surface area contributed by atoms with Gasteiger partial charge in [-0.2, -0.15) is 0 Å². The number of hydrogen-bond acceptors (Lipinski definition) is 2. The van der Waals surface area contributed by atoms with E-state index >= 15 is 0 Å². The molecule has 0 aromatic rings. The second-order valence-electron chi connectivity index (χ2n) is 5.41. The number of carbonyl (C=O) groups excluding carboxylic acids is 1. The van der Waals surface area contributed by atoms with Crippen molar-refractivity contribution in [1.29, 1.82) is 0 Å². The van der Waals surface area contributed by atoms with E-state index < -0.39 is 0 Å². The lowest BCUT2D eigenvalue weighted by Gasteiger charge is -2.11. The van der Waals surface area contributed by atoms with Gasteiger partial charge in [0.25, 0.3) is 0 Å². The monoisotopic (exact) mass is 236 g/mol. The van der Waals surface area contributed by atoms with E-state index in [2.05, 4.69) is 19.1 Å². The molecule has 1 aliphatic heterocycles. The lowest BCUT2D eigenvalue weighted by atomic mass is 9.92. The lowest BCUT2D eigenvalue weighted by molar-refractivity contribution is -0.141. The van der Waals surface area contributed by atoms with Crippen molar-refractivity contribution in [1.82, 2.24) is 0 Å². The summed E-state index contributed by atoms with van der Waals surface area (Å²) in [5.74, 6) is 1.09. The summed E-state index contributed by atoms with van der Waals surface area (Å²) in [5, 5.41) is 0. The minimum Gasteiger partial charge on any atom is -0.462 e. The van der Waals surface area contributed by atoms with Gasteiger partial charge in [-0.25, -0.2) is 0 Å². The molecule has 17 heavy (non-hydrogen) atoms. The summed E-state index contributed by atoms with van der Waals surface area (Å²) in [4.78, 5) is 11.2. The van der Waals surface area contributed by atoms with Crippen LogP contribution in [0.2, 0.25) is 0 Å². The Kier molecular flexibility index (Phi) is 4.64. The third-order valence-electron chi connectivity index (χ3n) is 4.10. The molecule has 1 saturated heterocycles. The van der Waals surface area contributed by atoms with Crippen LogP contribution in [0.15, 0.2) is 12.2 Å². The molecule has 2 nitrogen and oxygen atoms in total. The molecule has 1 unspecified atom stereocenters. The van der Waals surface area contributed by atoms with Crippen LogP contribution in [-0.2, 0) is 9.53 Å². The van der Waals surface area contributed by atoms with Crippen LogP contribution in [0.4, 0.5) is 0 Å². The predicted molar refractivity (Wildman–Crippen MR) is 68.6 cm³/mol. The van der Waals surface area contributed by atoms with Crippen molar-refractivity contribution in [3.8, 4) is 0 Å². The van der Waals surface area contributed by atoms with E-state index in [1.807, 2.05) is 0 Å². The summed E-state index contributed by atoms with van der Waals surface area (Å²) in [6.07, 6.45) is 14.3. The zero-order valence-corrected chi connectivity index (χ0v) is 10.9. The zero-order valence-electron chi connectivity index (χ0n) is 10.9. The van der Waals surface area contributed by atoms with Crippen molar-refractivity contribution in [3.05, 3.63) is 12.2 Å². The van der Waals surface area contributed by atoms with Gasteiger partial charge in [-0.05, 0) is 31.6 Å². The number of unbranched alkanes of at least 4 members (excludes halogenated alkanes) is 4. The van der Waals surface area contributed by atoms with Gasteiger partial charge in [0.2, 0.25) is 0 Å². The first kappa shape index (κ1) is 12.7. The van der Waals surface area contributed by atoms with Crippen molar-refractivity contribution < 1.29 is 9.53 Å². The molecule has 1 saturated carbocycles. The average molecular weight is 236 g/mol. The number of allylic oxidation sites excluding steroid dienone is 2. The Morgan fingerprint density at radius 1 is 1.29 bits per heavy atom. The highest BCUT2D eigenvalue weighted by Gasteiger charge is 2.43. The Morgan fingerprint density at radius 2 is 2.18 bits per heavy atom. The van der Waals surface area contributed by atoms with Crippen LogP contribution < -0.4 is 0 Å². The first-order chi connectivity index (χ1) is 8.31. The lowest BCUT2D eigenvalue weighted by Crippen LogP contribution is -2.11. The number of carbonyl (C=O) groups is 1. The van der Waals surface area contributed by atoms with E-state index in [4.69, 9.17) is 4.74 Å². The van der Waals surface area contributed by atoms with E-state index in [1.54, 1.807) is 0 Å². The maximum absolute atomic E-state index is 11.2. The molecule has 0 amide bonds. The normalized spacial score (nSPS) is 32.1. The van der Waals surface area contributed by atoms with E-state index in [1.165, 1.54) is 38.5 Å². The highest BCUT2D eigenvalue weighted by molar-refractivity contribution is 5.72. The van der Waals surface area contributed by atoms with E-state index in [0.717, 1.165) is 6.42 Å². The summed E-state index contributed by atoms with van der Waals surface area (Å²) in [6.45, 7) is 2.24. The highest BCUT2D eigenvalue weighted by atomic mass is 16.5. The Hall–Kier alpha value is -0.790. The third-order valence-corrected chi connectivity index (χ3v) is 4.10. The fourth-order valence-electron chi connectivity index (χ4n) is 3.10. The third kappa shape index (κ3) is 3.34. The summed E-state index contributed by atoms with van der Waals surface area (Å²) >= 11 is 0. The molecule has 1 aliphatic carbocycles. The van der Waals surface area contributed by atoms with Crippen LogP contribution in [0, 0.1) is 11.8 Å². The largest absolute Gasteiger partial charge is 0.462 e. The number of esters is 1. The Bertz CT molecular complexity index is 283. The average Bonchev–Trinajstić information content (AvgIpc) is 2.83. The second kappa shape index (κ2) is 6.23. The molecular formula is C15H24O2. The molecule has 0 N–H and O–H groups in total. The van der Waals surface area contributed by atoms with Gasteiger partial charge in [0.1, 0.15) is 6.10 Å². The van der Waals surface area contributed by atoms with E-state index in [-0.39, 0.29) is 12.1 Å². The minimum atomic E-state index is 0.0149. The minimum absolute atomic E-state index is 0.0149. The summed E-state index contributed by atoms with van der Waals surface area (Å²) in [6, 6.07) is 0. The van der Waals surface area contributed by atoms with Crippen LogP contribution in [0.1, 0.15) is 58.3 Å². The predicted octanol–water partition coefficient (Wildman–Crippen LogP) is 3.85. The fraction of sp³-hybridized carbons (Fsp3) is 0.800. The molecular weight excluding hydrogens is 212 g/mol. The van der Waals surface area contributed by atoms with Crippen LogP contribution in [0.5, 0.6) is 0 Å².